The van der Waals surface area contributed by atoms with E-state index in [4.69, 9.17) is 30.8 Å². The van der Waals surface area contributed by atoms with E-state index < -0.39 is 0 Å². The predicted molar refractivity (Wildman–Crippen MR) is 112 cm³/mol. The number of methoxy groups -OCH3 is 3. The van der Waals surface area contributed by atoms with Crippen molar-refractivity contribution in [3.63, 3.8) is 0 Å². The molecule has 0 saturated heterocycles. The van der Waals surface area contributed by atoms with Gasteiger partial charge in [0.2, 0.25) is 10.8 Å². The number of aromatic nitrogens is 2. The minimum absolute atomic E-state index is 0.182. The van der Waals surface area contributed by atoms with Crippen LogP contribution in [-0.4, -0.2) is 37.3 Å². The zero-order valence-corrected chi connectivity index (χ0v) is 17.5. The van der Waals surface area contributed by atoms with Gasteiger partial charge >= 0.3 is 0 Å². The molecule has 0 radical (unpaired) electrons. The van der Waals surface area contributed by atoms with Crippen molar-refractivity contribution >= 4 is 32.4 Å². The fourth-order valence-corrected chi connectivity index (χ4v) is 3.92. The standard InChI is InChI=1S/C20H22N4O3S/c1-10(2)22-18-15-11(3)19(21-4)28-20(15)24-17(23-18)12-8-13(25-5)16(27-7)14(9-12)26-6/h8-10H,1-3,5-7H3,(H,22,23,24). The van der Waals surface area contributed by atoms with Crippen LogP contribution in [0.25, 0.3) is 26.4 Å². The van der Waals surface area contributed by atoms with Gasteiger partial charge in [0.1, 0.15) is 10.6 Å². The van der Waals surface area contributed by atoms with Crippen molar-refractivity contribution in [2.24, 2.45) is 0 Å². The highest BCUT2D eigenvalue weighted by Gasteiger charge is 2.20. The molecule has 8 heteroatoms. The molecule has 0 fully saturated rings. The molecule has 0 atom stereocenters. The Balaban J connectivity index is 2.28. The van der Waals surface area contributed by atoms with Crippen molar-refractivity contribution in [1.82, 2.24) is 9.97 Å². The van der Waals surface area contributed by atoms with Gasteiger partial charge < -0.3 is 19.5 Å². The molecule has 7 nitrogen and oxygen atoms in total. The molecule has 0 bridgehead atoms. The number of rotatable bonds is 6. The van der Waals surface area contributed by atoms with Crippen molar-refractivity contribution in [3.05, 3.63) is 29.1 Å². The zero-order valence-electron chi connectivity index (χ0n) is 16.7. The van der Waals surface area contributed by atoms with E-state index >= 15 is 0 Å². The van der Waals surface area contributed by atoms with Crippen molar-refractivity contribution in [2.45, 2.75) is 26.8 Å². The molecular weight excluding hydrogens is 376 g/mol. The summed E-state index contributed by atoms with van der Waals surface area (Å²) in [5, 5.41) is 4.89. The number of nitrogens with one attached hydrogen (secondary N) is 1. The SMILES string of the molecule is [C-]#[N+]c1sc2nc(-c3cc(OC)c(OC)c(OC)c3)nc(NC(C)C)c2c1C. The molecule has 2 heterocycles. The van der Waals surface area contributed by atoms with Gasteiger partial charge in [0, 0.05) is 17.0 Å². The molecule has 0 unspecified atom stereocenters. The molecule has 28 heavy (non-hydrogen) atoms. The number of anilines is 1. The highest BCUT2D eigenvalue weighted by molar-refractivity contribution is 7.22. The highest BCUT2D eigenvalue weighted by atomic mass is 32.1. The Morgan fingerprint density at radius 1 is 1.07 bits per heavy atom. The Morgan fingerprint density at radius 3 is 2.21 bits per heavy atom. The molecule has 0 aliphatic rings. The fourth-order valence-electron chi connectivity index (χ4n) is 2.95. The van der Waals surface area contributed by atoms with Crippen LogP contribution in [0.3, 0.4) is 0 Å². The Kier molecular flexibility index (Phi) is 5.56. The molecule has 3 rings (SSSR count). The Hall–Kier alpha value is -3.05. The quantitative estimate of drug-likeness (QED) is 0.585. The van der Waals surface area contributed by atoms with E-state index in [1.54, 1.807) is 21.3 Å². The van der Waals surface area contributed by atoms with Crippen LogP contribution in [0.4, 0.5) is 10.8 Å². The summed E-state index contributed by atoms with van der Waals surface area (Å²) in [6.07, 6.45) is 0. The number of thiophene rings is 1. The maximum Gasteiger partial charge on any atom is 0.246 e. The number of hydrogen-bond donors (Lipinski definition) is 1. The average molecular weight is 398 g/mol. The molecule has 146 valence electrons. The van der Waals surface area contributed by atoms with Crippen molar-refractivity contribution in [2.75, 3.05) is 26.6 Å². The monoisotopic (exact) mass is 398 g/mol. The lowest BCUT2D eigenvalue weighted by atomic mass is 10.1. The van der Waals surface area contributed by atoms with E-state index in [0.29, 0.717) is 33.9 Å². The number of ether oxygens (including phenoxy) is 3. The van der Waals surface area contributed by atoms with Crippen LogP contribution < -0.4 is 19.5 Å². The van der Waals surface area contributed by atoms with Gasteiger partial charge in [-0.1, -0.05) is 0 Å². The molecule has 0 aliphatic carbocycles. The molecule has 0 aliphatic heterocycles. The average Bonchev–Trinajstić information content (AvgIpc) is 3.02. The third-order valence-corrected chi connectivity index (χ3v) is 5.29. The molecule has 1 aromatic carbocycles. The van der Waals surface area contributed by atoms with E-state index in [2.05, 4.69) is 10.2 Å². The predicted octanol–water partition coefficient (Wildman–Crippen LogP) is 5.06. The van der Waals surface area contributed by atoms with Crippen LogP contribution in [-0.2, 0) is 0 Å². The van der Waals surface area contributed by atoms with E-state index in [1.165, 1.54) is 11.3 Å². The van der Waals surface area contributed by atoms with Crippen LogP contribution in [0.2, 0.25) is 0 Å². The van der Waals surface area contributed by atoms with E-state index in [1.807, 2.05) is 32.9 Å². The summed E-state index contributed by atoms with van der Waals surface area (Å²) in [6, 6.07) is 3.82. The van der Waals surface area contributed by atoms with Crippen molar-refractivity contribution < 1.29 is 14.2 Å². The summed E-state index contributed by atoms with van der Waals surface area (Å²) in [5.74, 6) is 2.81. The first-order valence-corrected chi connectivity index (χ1v) is 9.50. The molecule has 1 N–H and O–H groups in total. The molecule has 3 aromatic rings. The van der Waals surface area contributed by atoms with Crippen LogP contribution in [0.1, 0.15) is 19.4 Å². The van der Waals surface area contributed by atoms with Gasteiger partial charge in [0.25, 0.3) is 0 Å². The summed E-state index contributed by atoms with van der Waals surface area (Å²) in [6.45, 7) is 13.4. The number of benzene rings is 1. The van der Waals surface area contributed by atoms with Crippen molar-refractivity contribution in [1.29, 1.82) is 0 Å². The van der Waals surface area contributed by atoms with Gasteiger partial charge in [-0.3, -0.25) is 0 Å². The summed E-state index contributed by atoms with van der Waals surface area (Å²) >= 11 is 1.37. The molecule has 0 saturated carbocycles. The van der Waals surface area contributed by atoms with Gasteiger partial charge in [-0.05, 0) is 38.5 Å². The minimum atomic E-state index is 0.182. The molecule has 0 amide bonds. The van der Waals surface area contributed by atoms with Gasteiger partial charge in [0.05, 0.1) is 27.9 Å². The van der Waals surface area contributed by atoms with Crippen LogP contribution in [0.5, 0.6) is 17.2 Å². The molecular formula is C20H22N4O3S. The number of nitrogens with zero attached hydrogens (tertiary/aromatic N) is 3. The first kappa shape index (κ1) is 19.7. The lowest BCUT2D eigenvalue weighted by Gasteiger charge is -2.15. The van der Waals surface area contributed by atoms with Gasteiger partial charge in [-0.2, -0.15) is 0 Å². The first-order chi connectivity index (χ1) is 13.4. The van der Waals surface area contributed by atoms with Gasteiger partial charge in [0.15, 0.2) is 17.3 Å². The second-order valence-corrected chi connectivity index (χ2v) is 7.41. The maximum absolute atomic E-state index is 7.42. The summed E-state index contributed by atoms with van der Waals surface area (Å²) < 4.78 is 16.3. The highest BCUT2D eigenvalue weighted by Crippen LogP contribution is 2.43. The van der Waals surface area contributed by atoms with Crippen LogP contribution in [0.15, 0.2) is 12.1 Å². The Labute approximate surface area is 168 Å². The zero-order chi connectivity index (χ0) is 20.4. The summed E-state index contributed by atoms with van der Waals surface area (Å²) in [5.41, 5.74) is 1.63. The Morgan fingerprint density at radius 2 is 1.71 bits per heavy atom. The number of hydrogen-bond acceptors (Lipinski definition) is 7. The normalized spacial score (nSPS) is 10.8. The molecule has 2 aromatic heterocycles. The van der Waals surface area contributed by atoms with E-state index in [-0.39, 0.29) is 6.04 Å². The van der Waals surface area contributed by atoms with Crippen LogP contribution in [0, 0.1) is 13.5 Å². The summed E-state index contributed by atoms with van der Waals surface area (Å²) in [7, 11) is 4.71. The lowest BCUT2D eigenvalue weighted by Crippen LogP contribution is -2.12. The molecule has 0 spiro atoms. The van der Waals surface area contributed by atoms with E-state index in [0.717, 1.165) is 21.3 Å². The summed E-state index contributed by atoms with van der Waals surface area (Å²) in [4.78, 5) is 13.9. The second kappa shape index (κ2) is 7.90. The smallest absolute Gasteiger partial charge is 0.246 e. The third kappa shape index (κ3) is 3.41. The van der Waals surface area contributed by atoms with Gasteiger partial charge in [-0.15, -0.1) is 11.3 Å². The van der Waals surface area contributed by atoms with Crippen molar-refractivity contribution in [3.8, 4) is 28.6 Å². The van der Waals surface area contributed by atoms with E-state index in [9.17, 15) is 0 Å². The first-order valence-electron chi connectivity index (χ1n) is 8.69. The maximum atomic E-state index is 7.42. The largest absolute Gasteiger partial charge is 0.493 e. The third-order valence-electron chi connectivity index (χ3n) is 4.21. The number of aryl methyl sites for hydroxylation is 1. The topological polar surface area (TPSA) is 69.9 Å². The van der Waals surface area contributed by atoms with Crippen LogP contribution >= 0.6 is 11.3 Å². The number of fused-ring (bicyclic) bond motifs is 1. The van der Waals surface area contributed by atoms with Gasteiger partial charge in [-0.25, -0.2) is 14.8 Å². The Bertz CT molecular complexity index is 1040. The second-order valence-electron chi connectivity index (χ2n) is 6.43. The minimum Gasteiger partial charge on any atom is -0.493 e. The lowest BCUT2D eigenvalue weighted by molar-refractivity contribution is 0.324. The fraction of sp³-hybridized carbons (Fsp3) is 0.350.